The van der Waals surface area contributed by atoms with Gasteiger partial charge in [-0.3, -0.25) is 14.5 Å². The molecule has 0 aromatic rings. The van der Waals surface area contributed by atoms with Crippen molar-refractivity contribution in [3.63, 3.8) is 0 Å². The third kappa shape index (κ3) is 2.11. The number of nitrogens with zero attached hydrogens (tertiary/aromatic N) is 1. The third-order valence-electron chi connectivity index (χ3n) is 2.85. The molecular weight excluding hydrogens is 198 g/mol. The van der Waals surface area contributed by atoms with Crippen molar-refractivity contribution >= 4 is 24.4 Å². The highest BCUT2D eigenvalue weighted by atomic mass is 32.1. The van der Waals surface area contributed by atoms with Crippen molar-refractivity contribution in [2.75, 3.05) is 12.3 Å². The van der Waals surface area contributed by atoms with Gasteiger partial charge in [0, 0.05) is 18.4 Å². The molecule has 0 spiro atoms. The van der Waals surface area contributed by atoms with Gasteiger partial charge < -0.3 is 0 Å². The van der Waals surface area contributed by atoms with Gasteiger partial charge in [-0.1, -0.05) is 13.8 Å². The molecule has 80 valence electrons. The van der Waals surface area contributed by atoms with Crippen LogP contribution < -0.4 is 0 Å². The van der Waals surface area contributed by atoms with Crippen LogP contribution in [-0.4, -0.2) is 29.0 Å². The number of thiol groups is 1. The number of amides is 2. The maximum absolute atomic E-state index is 11.6. The zero-order valence-electron chi connectivity index (χ0n) is 8.69. The summed E-state index contributed by atoms with van der Waals surface area (Å²) < 4.78 is 0. The van der Waals surface area contributed by atoms with E-state index in [1.165, 1.54) is 4.90 Å². The molecular formula is C10H17NO2S. The Morgan fingerprint density at radius 2 is 1.64 bits per heavy atom. The molecule has 14 heavy (non-hydrogen) atoms. The predicted octanol–water partition coefficient (Wildman–Crippen LogP) is 1.34. The van der Waals surface area contributed by atoms with Crippen molar-refractivity contribution in [1.29, 1.82) is 0 Å². The first-order valence-corrected chi connectivity index (χ1v) is 5.69. The highest BCUT2D eigenvalue weighted by Crippen LogP contribution is 2.25. The monoisotopic (exact) mass is 215 g/mol. The van der Waals surface area contributed by atoms with E-state index in [1.807, 2.05) is 13.8 Å². The van der Waals surface area contributed by atoms with Gasteiger partial charge in [0.2, 0.25) is 11.8 Å². The molecule has 0 bridgehead atoms. The molecule has 0 radical (unpaired) electrons. The fraction of sp³-hybridized carbons (Fsp3) is 0.800. The molecule has 2 amide bonds. The Bertz CT molecular complexity index is 222. The number of likely N-dealkylation sites (tertiary alicyclic amines) is 1. The molecule has 1 saturated heterocycles. The molecule has 2 unspecified atom stereocenters. The standard InChI is InChI=1S/C10H17NO2S/c1-7-8(2)10(13)11(9(7)12)5-3-4-6-14/h7-8,14H,3-6H2,1-2H3. The minimum absolute atomic E-state index is 0.0123. The van der Waals surface area contributed by atoms with Gasteiger partial charge in [0.25, 0.3) is 0 Å². The van der Waals surface area contributed by atoms with Crippen LogP contribution in [0.4, 0.5) is 0 Å². The summed E-state index contributed by atoms with van der Waals surface area (Å²) in [5.41, 5.74) is 0. The minimum Gasteiger partial charge on any atom is -0.282 e. The second-order valence-corrected chi connectivity index (χ2v) is 4.28. The van der Waals surface area contributed by atoms with Gasteiger partial charge in [-0.25, -0.2) is 0 Å². The zero-order chi connectivity index (χ0) is 10.7. The van der Waals surface area contributed by atoms with E-state index in [1.54, 1.807) is 0 Å². The number of imide groups is 1. The van der Waals surface area contributed by atoms with Crippen molar-refractivity contribution in [3.8, 4) is 0 Å². The Balaban J connectivity index is 2.52. The summed E-state index contributed by atoms with van der Waals surface area (Å²) in [6.45, 7) is 4.21. The van der Waals surface area contributed by atoms with Crippen LogP contribution in [0.2, 0.25) is 0 Å². The SMILES string of the molecule is CC1C(=O)N(CCCCS)C(=O)C1C. The van der Waals surface area contributed by atoms with Crippen molar-refractivity contribution < 1.29 is 9.59 Å². The summed E-state index contributed by atoms with van der Waals surface area (Å²) >= 11 is 4.09. The molecule has 1 heterocycles. The third-order valence-corrected chi connectivity index (χ3v) is 3.17. The molecule has 1 fully saturated rings. The van der Waals surface area contributed by atoms with E-state index in [0.29, 0.717) is 6.54 Å². The van der Waals surface area contributed by atoms with Gasteiger partial charge in [0.1, 0.15) is 0 Å². The van der Waals surface area contributed by atoms with Crippen molar-refractivity contribution in [3.05, 3.63) is 0 Å². The smallest absolute Gasteiger partial charge is 0.232 e. The molecule has 3 nitrogen and oxygen atoms in total. The van der Waals surface area contributed by atoms with E-state index in [0.717, 1.165) is 18.6 Å². The lowest BCUT2D eigenvalue weighted by atomic mass is 10.00. The average Bonchev–Trinajstić information content (AvgIpc) is 2.35. The molecule has 0 saturated carbocycles. The summed E-state index contributed by atoms with van der Waals surface area (Å²) in [4.78, 5) is 24.6. The normalized spacial score (nSPS) is 27.5. The molecule has 1 aliphatic heterocycles. The maximum atomic E-state index is 11.6. The van der Waals surface area contributed by atoms with Gasteiger partial charge in [-0.2, -0.15) is 12.6 Å². The fourth-order valence-corrected chi connectivity index (χ4v) is 1.85. The van der Waals surface area contributed by atoms with Gasteiger partial charge in [0.05, 0.1) is 0 Å². The molecule has 1 rings (SSSR count). The molecule has 0 N–H and O–H groups in total. The first-order valence-electron chi connectivity index (χ1n) is 5.05. The van der Waals surface area contributed by atoms with Crippen LogP contribution in [0.25, 0.3) is 0 Å². The van der Waals surface area contributed by atoms with Crippen LogP contribution in [0.3, 0.4) is 0 Å². The van der Waals surface area contributed by atoms with Gasteiger partial charge in [-0.05, 0) is 18.6 Å². The number of carbonyl (C=O) groups is 2. The topological polar surface area (TPSA) is 37.4 Å². The predicted molar refractivity (Wildman–Crippen MR) is 58.1 cm³/mol. The van der Waals surface area contributed by atoms with Crippen molar-refractivity contribution in [2.45, 2.75) is 26.7 Å². The first-order chi connectivity index (χ1) is 6.59. The largest absolute Gasteiger partial charge is 0.282 e. The van der Waals surface area contributed by atoms with E-state index >= 15 is 0 Å². The quantitative estimate of drug-likeness (QED) is 0.436. The minimum atomic E-state index is -0.140. The van der Waals surface area contributed by atoms with E-state index < -0.39 is 0 Å². The van der Waals surface area contributed by atoms with Crippen molar-refractivity contribution in [2.24, 2.45) is 11.8 Å². The van der Waals surface area contributed by atoms with Crippen LogP contribution in [-0.2, 0) is 9.59 Å². The summed E-state index contributed by atoms with van der Waals surface area (Å²) in [5, 5.41) is 0. The van der Waals surface area contributed by atoms with E-state index in [9.17, 15) is 9.59 Å². The number of carbonyl (C=O) groups excluding carboxylic acids is 2. The van der Waals surface area contributed by atoms with Crippen LogP contribution in [0.5, 0.6) is 0 Å². The Labute approximate surface area is 90.3 Å². The average molecular weight is 215 g/mol. The van der Waals surface area contributed by atoms with Gasteiger partial charge >= 0.3 is 0 Å². The van der Waals surface area contributed by atoms with Crippen LogP contribution in [0, 0.1) is 11.8 Å². The van der Waals surface area contributed by atoms with Crippen LogP contribution in [0.1, 0.15) is 26.7 Å². The highest BCUT2D eigenvalue weighted by molar-refractivity contribution is 7.80. The number of hydrogen-bond donors (Lipinski definition) is 1. The molecule has 0 aromatic heterocycles. The number of unbranched alkanes of at least 4 members (excludes halogenated alkanes) is 1. The second-order valence-electron chi connectivity index (χ2n) is 3.84. The van der Waals surface area contributed by atoms with E-state index in [-0.39, 0.29) is 23.7 Å². The Morgan fingerprint density at radius 3 is 2.07 bits per heavy atom. The Kier molecular flexibility index (Phi) is 3.98. The van der Waals surface area contributed by atoms with E-state index in [2.05, 4.69) is 12.6 Å². The maximum Gasteiger partial charge on any atom is 0.232 e. The zero-order valence-corrected chi connectivity index (χ0v) is 9.59. The molecule has 2 atom stereocenters. The first kappa shape index (κ1) is 11.6. The van der Waals surface area contributed by atoms with Gasteiger partial charge in [0.15, 0.2) is 0 Å². The summed E-state index contributed by atoms with van der Waals surface area (Å²) in [6.07, 6.45) is 1.81. The lowest BCUT2D eigenvalue weighted by Crippen LogP contribution is -2.31. The summed E-state index contributed by atoms with van der Waals surface area (Å²) in [7, 11) is 0. The highest BCUT2D eigenvalue weighted by Gasteiger charge is 2.41. The molecule has 0 aliphatic carbocycles. The second kappa shape index (κ2) is 4.82. The van der Waals surface area contributed by atoms with Crippen LogP contribution in [0.15, 0.2) is 0 Å². The van der Waals surface area contributed by atoms with Gasteiger partial charge in [-0.15, -0.1) is 0 Å². The van der Waals surface area contributed by atoms with Crippen LogP contribution >= 0.6 is 12.6 Å². The molecule has 0 aromatic carbocycles. The summed E-state index contributed by atoms with van der Waals surface area (Å²) in [5.74, 6) is 0.502. The number of rotatable bonds is 4. The molecule has 1 aliphatic rings. The molecule has 4 heteroatoms. The lowest BCUT2D eigenvalue weighted by molar-refractivity contribution is -0.139. The number of hydrogen-bond acceptors (Lipinski definition) is 3. The van der Waals surface area contributed by atoms with E-state index in [4.69, 9.17) is 0 Å². The van der Waals surface area contributed by atoms with Crippen molar-refractivity contribution in [1.82, 2.24) is 4.90 Å². The summed E-state index contributed by atoms with van der Waals surface area (Å²) in [6, 6.07) is 0. The Hall–Kier alpha value is -0.510. The fourth-order valence-electron chi connectivity index (χ4n) is 1.63. The lowest BCUT2D eigenvalue weighted by Gasteiger charge is -2.13. The Morgan fingerprint density at radius 1 is 1.14 bits per heavy atom.